The van der Waals surface area contributed by atoms with E-state index in [1.54, 1.807) is 0 Å². The molecule has 1 aromatic carbocycles. The standard InChI is InChI=1S/C8H15NO2.C7H8/c1-2-11-8(10)7-3-5-9-6-4-7;1-7-5-3-2-4-6-7/h7,9H,2-6H2,1H3;2-6H,1H3. The number of benzene rings is 1. The van der Waals surface area contributed by atoms with E-state index in [0.717, 1.165) is 25.9 Å². The van der Waals surface area contributed by atoms with Gasteiger partial charge in [0.2, 0.25) is 0 Å². The van der Waals surface area contributed by atoms with Crippen LogP contribution in [0.5, 0.6) is 0 Å². The predicted octanol–water partition coefficient (Wildman–Crippen LogP) is 2.54. The fraction of sp³-hybridized carbons (Fsp3) is 0.533. The lowest BCUT2D eigenvalue weighted by Crippen LogP contribution is -2.32. The molecule has 3 nitrogen and oxygen atoms in total. The average Bonchev–Trinajstić information content (AvgIpc) is 2.42. The molecule has 0 unspecified atom stereocenters. The summed E-state index contributed by atoms with van der Waals surface area (Å²) in [5.74, 6) is 0.130. The zero-order chi connectivity index (χ0) is 13.2. The van der Waals surface area contributed by atoms with E-state index in [2.05, 4.69) is 24.4 Å². The number of carbonyl (C=O) groups excluding carboxylic acids is 1. The summed E-state index contributed by atoms with van der Waals surface area (Å²) in [5.41, 5.74) is 1.32. The molecule has 0 saturated carbocycles. The van der Waals surface area contributed by atoms with E-state index in [0.29, 0.717) is 6.61 Å². The van der Waals surface area contributed by atoms with E-state index < -0.39 is 0 Å². The van der Waals surface area contributed by atoms with Crippen molar-refractivity contribution in [2.45, 2.75) is 26.7 Å². The first-order valence-electron chi connectivity index (χ1n) is 6.63. The molecule has 0 amide bonds. The maximum atomic E-state index is 11.1. The van der Waals surface area contributed by atoms with Crippen LogP contribution >= 0.6 is 0 Å². The van der Waals surface area contributed by atoms with Gasteiger partial charge in [-0.3, -0.25) is 4.79 Å². The second-order valence-electron chi connectivity index (χ2n) is 4.43. The van der Waals surface area contributed by atoms with Gasteiger partial charge >= 0.3 is 5.97 Å². The Bertz CT molecular complexity index is 332. The summed E-state index contributed by atoms with van der Waals surface area (Å²) >= 11 is 0. The van der Waals surface area contributed by atoms with Crippen molar-refractivity contribution in [2.75, 3.05) is 19.7 Å². The quantitative estimate of drug-likeness (QED) is 0.819. The number of carbonyl (C=O) groups is 1. The third-order valence-corrected chi connectivity index (χ3v) is 2.90. The lowest BCUT2D eigenvalue weighted by atomic mass is 9.99. The summed E-state index contributed by atoms with van der Waals surface area (Å²) in [6, 6.07) is 10.3. The average molecular weight is 249 g/mol. The van der Waals surface area contributed by atoms with Crippen molar-refractivity contribution in [3.63, 3.8) is 0 Å². The third-order valence-electron chi connectivity index (χ3n) is 2.90. The highest BCUT2D eigenvalue weighted by Gasteiger charge is 2.21. The largest absolute Gasteiger partial charge is 0.466 e. The van der Waals surface area contributed by atoms with Gasteiger partial charge < -0.3 is 10.1 Å². The van der Waals surface area contributed by atoms with Gasteiger partial charge in [-0.25, -0.2) is 0 Å². The molecule has 18 heavy (non-hydrogen) atoms. The summed E-state index contributed by atoms with van der Waals surface area (Å²) in [6.45, 7) is 6.33. The van der Waals surface area contributed by atoms with Gasteiger partial charge in [0, 0.05) is 0 Å². The number of ether oxygens (including phenoxy) is 1. The smallest absolute Gasteiger partial charge is 0.309 e. The Kier molecular flexibility index (Phi) is 7.11. The predicted molar refractivity (Wildman–Crippen MR) is 73.4 cm³/mol. The van der Waals surface area contributed by atoms with Crippen LogP contribution in [0, 0.1) is 12.8 Å². The molecule has 1 heterocycles. The molecule has 1 aromatic rings. The van der Waals surface area contributed by atoms with Crippen LogP contribution in [0.3, 0.4) is 0 Å². The molecule has 100 valence electrons. The fourth-order valence-electron chi connectivity index (χ4n) is 1.85. The number of rotatable bonds is 2. The number of piperidine rings is 1. The van der Waals surface area contributed by atoms with Crippen molar-refractivity contribution in [3.8, 4) is 0 Å². The summed E-state index contributed by atoms with van der Waals surface area (Å²) < 4.78 is 4.91. The van der Waals surface area contributed by atoms with Crippen molar-refractivity contribution >= 4 is 5.97 Å². The van der Waals surface area contributed by atoms with Crippen LogP contribution in [-0.2, 0) is 9.53 Å². The van der Waals surface area contributed by atoms with Gasteiger partial charge in [0.25, 0.3) is 0 Å². The van der Waals surface area contributed by atoms with E-state index >= 15 is 0 Å². The first-order valence-corrected chi connectivity index (χ1v) is 6.63. The van der Waals surface area contributed by atoms with Crippen molar-refractivity contribution in [1.29, 1.82) is 0 Å². The maximum Gasteiger partial charge on any atom is 0.309 e. The van der Waals surface area contributed by atoms with E-state index in [4.69, 9.17) is 4.74 Å². The molecular formula is C15H23NO2. The summed E-state index contributed by atoms with van der Waals surface area (Å²) in [5, 5.41) is 3.20. The molecule has 0 atom stereocenters. The molecule has 0 bridgehead atoms. The van der Waals surface area contributed by atoms with Gasteiger partial charge in [0.05, 0.1) is 12.5 Å². The Morgan fingerprint density at radius 2 is 1.89 bits per heavy atom. The van der Waals surface area contributed by atoms with E-state index in [1.165, 1.54) is 5.56 Å². The maximum absolute atomic E-state index is 11.1. The van der Waals surface area contributed by atoms with Crippen LogP contribution in [0.15, 0.2) is 30.3 Å². The Balaban J connectivity index is 0.000000199. The highest BCUT2D eigenvalue weighted by atomic mass is 16.5. The Labute approximate surface area is 110 Å². The van der Waals surface area contributed by atoms with Crippen LogP contribution in [0.25, 0.3) is 0 Å². The zero-order valence-electron chi connectivity index (χ0n) is 11.3. The van der Waals surface area contributed by atoms with Crippen LogP contribution in [-0.4, -0.2) is 25.7 Å². The van der Waals surface area contributed by atoms with Gasteiger partial charge in [0.15, 0.2) is 0 Å². The van der Waals surface area contributed by atoms with E-state index in [9.17, 15) is 4.79 Å². The molecule has 3 heteroatoms. The number of hydrogen-bond acceptors (Lipinski definition) is 3. The number of nitrogens with one attached hydrogen (secondary N) is 1. The van der Waals surface area contributed by atoms with E-state index in [1.807, 2.05) is 25.1 Å². The molecule has 1 aliphatic rings. The number of aryl methyl sites for hydroxylation is 1. The van der Waals surface area contributed by atoms with Crippen LogP contribution in [0.2, 0.25) is 0 Å². The van der Waals surface area contributed by atoms with Gasteiger partial charge in [0.1, 0.15) is 0 Å². The molecule has 0 aromatic heterocycles. The van der Waals surface area contributed by atoms with Crippen LogP contribution in [0.1, 0.15) is 25.3 Å². The van der Waals surface area contributed by atoms with E-state index in [-0.39, 0.29) is 11.9 Å². The van der Waals surface area contributed by atoms with Crippen molar-refractivity contribution < 1.29 is 9.53 Å². The second kappa shape index (κ2) is 8.70. The minimum Gasteiger partial charge on any atom is -0.466 e. The Hall–Kier alpha value is -1.35. The molecule has 1 fully saturated rings. The highest BCUT2D eigenvalue weighted by molar-refractivity contribution is 5.72. The van der Waals surface area contributed by atoms with Crippen LogP contribution < -0.4 is 5.32 Å². The first kappa shape index (κ1) is 14.7. The van der Waals surface area contributed by atoms with Crippen molar-refractivity contribution in [2.24, 2.45) is 5.92 Å². The summed E-state index contributed by atoms with van der Waals surface area (Å²) in [6.07, 6.45) is 1.86. The SMILES string of the molecule is CCOC(=O)C1CCNCC1.Cc1ccccc1. The van der Waals surface area contributed by atoms with Gasteiger partial charge in [-0.05, 0) is 39.8 Å². The molecule has 1 saturated heterocycles. The molecular weight excluding hydrogens is 226 g/mol. The minimum absolute atomic E-state index is 0.0194. The molecule has 2 rings (SSSR count). The van der Waals surface area contributed by atoms with Gasteiger partial charge in [-0.15, -0.1) is 0 Å². The lowest BCUT2D eigenvalue weighted by Gasteiger charge is -2.20. The fourth-order valence-corrected chi connectivity index (χ4v) is 1.85. The third kappa shape index (κ3) is 5.82. The molecule has 0 aliphatic carbocycles. The molecule has 1 aliphatic heterocycles. The Morgan fingerprint density at radius 3 is 2.33 bits per heavy atom. The topological polar surface area (TPSA) is 38.3 Å². The second-order valence-corrected chi connectivity index (χ2v) is 4.43. The zero-order valence-corrected chi connectivity index (χ0v) is 11.3. The molecule has 0 spiro atoms. The Morgan fingerprint density at radius 1 is 1.28 bits per heavy atom. The number of hydrogen-bond donors (Lipinski definition) is 1. The number of esters is 1. The minimum atomic E-state index is -0.0194. The molecule has 1 N–H and O–H groups in total. The summed E-state index contributed by atoms with van der Waals surface area (Å²) in [4.78, 5) is 11.1. The van der Waals surface area contributed by atoms with Crippen molar-refractivity contribution in [3.05, 3.63) is 35.9 Å². The first-order chi connectivity index (χ1) is 8.74. The lowest BCUT2D eigenvalue weighted by molar-refractivity contribution is -0.148. The highest BCUT2D eigenvalue weighted by Crippen LogP contribution is 2.12. The van der Waals surface area contributed by atoms with Gasteiger partial charge in [-0.1, -0.05) is 35.9 Å². The normalized spacial score (nSPS) is 15.4. The summed E-state index contributed by atoms with van der Waals surface area (Å²) in [7, 11) is 0. The van der Waals surface area contributed by atoms with Gasteiger partial charge in [-0.2, -0.15) is 0 Å². The van der Waals surface area contributed by atoms with Crippen molar-refractivity contribution in [1.82, 2.24) is 5.32 Å². The van der Waals surface area contributed by atoms with Crippen LogP contribution in [0.4, 0.5) is 0 Å². The molecule has 0 radical (unpaired) electrons. The monoisotopic (exact) mass is 249 g/mol.